The number of benzene rings is 2. The predicted molar refractivity (Wildman–Crippen MR) is 97.6 cm³/mol. The van der Waals surface area contributed by atoms with Crippen molar-refractivity contribution in [1.82, 2.24) is 14.5 Å². The summed E-state index contributed by atoms with van der Waals surface area (Å²) in [6, 6.07) is 14.4. The van der Waals surface area contributed by atoms with Gasteiger partial charge in [0, 0.05) is 31.6 Å². The van der Waals surface area contributed by atoms with Crippen LogP contribution >= 0.6 is 0 Å². The van der Waals surface area contributed by atoms with Crippen LogP contribution in [0.5, 0.6) is 0 Å². The summed E-state index contributed by atoms with van der Waals surface area (Å²) in [6.07, 6.45) is 3.39. The number of nitrogens with zero attached hydrogens (tertiary/aromatic N) is 3. The van der Waals surface area contributed by atoms with E-state index in [1.54, 1.807) is 0 Å². The molecular formula is C21H21N3O. The standard InChI is InChI=1S/C21H21N3O/c1-23-19-9-8-16(12-18(19)22-20(23)15-6-7-15)21(25)24-11-10-14-4-2-3-5-17(14)13-24/h2-5,8-9,12,15H,6-7,10-11,13H2,1H3. The van der Waals surface area contributed by atoms with Gasteiger partial charge in [0.15, 0.2) is 0 Å². The van der Waals surface area contributed by atoms with Crippen molar-refractivity contribution in [2.45, 2.75) is 31.7 Å². The van der Waals surface area contributed by atoms with E-state index in [2.05, 4.69) is 29.8 Å². The molecule has 25 heavy (non-hydrogen) atoms. The molecular weight excluding hydrogens is 310 g/mol. The molecule has 0 atom stereocenters. The highest BCUT2D eigenvalue weighted by atomic mass is 16.2. The zero-order valence-corrected chi connectivity index (χ0v) is 14.4. The number of fused-ring (bicyclic) bond motifs is 2. The van der Waals surface area contributed by atoms with Crippen molar-refractivity contribution in [2.24, 2.45) is 7.05 Å². The summed E-state index contributed by atoms with van der Waals surface area (Å²) >= 11 is 0. The molecule has 0 radical (unpaired) electrons. The van der Waals surface area contributed by atoms with Crippen molar-refractivity contribution in [3.63, 3.8) is 0 Å². The Bertz CT molecular complexity index is 984. The van der Waals surface area contributed by atoms with Crippen LogP contribution in [-0.4, -0.2) is 26.9 Å². The van der Waals surface area contributed by atoms with E-state index < -0.39 is 0 Å². The summed E-state index contributed by atoms with van der Waals surface area (Å²) in [7, 11) is 2.08. The number of hydrogen-bond donors (Lipinski definition) is 0. The lowest BCUT2D eigenvalue weighted by Gasteiger charge is -2.29. The Balaban J connectivity index is 1.46. The van der Waals surface area contributed by atoms with Gasteiger partial charge in [-0.2, -0.15) is 0 Å². The first-order chi connectivity index (χ1) is 12.2. The summed E-state index contributed by atoms with van der Waals surface area (Å²) in [6.45, 7) is 1.48. The van der Waals surface area contributed by atoms with Gasteiger partial charge < -0.3 is 9.47 Å². The van der Waals surface area contributed by atoms with Crippen molar-refractivity contribution >= 4 is 16.9 Å². The SMILES string of the molecule is Cn1c(C2CC2)nc2cc(C(=O)N3CCc4ccccc4C3)ccc21. The van der Waals surface area contributed by atoms with E-state index in [1.807, 2.05) is 29.2 Å². The van der Waals surface area contributed by atoms with E-state index in [0.29, 0.717) is 12.5 Å². The highest BCUT2D eigenvalue weighted by Gasteiger charge is 2.29. The van der Waals surface area contributed by atoms with Gasteiger partial charge in [0.25, 0.3) is 5.91 Å². The van der Waals surface area contributed by atoms with E-state index in [-0.39, 0.29) is 5.91 Å². The molecule has 2 aromatic carbocycles. The fourth-order valence-electron chi connectivity index (χ4n) is 3.91. The molecule has 126 valence electrons. The first kappa shape index (κ1) is 14.7. The maximum atomic E-state index is 13.0. The van der Waals surface area contributed by atoms with Gasteiger partial charge in [-0.3, -0.25) is 4.79 Å². The molecule has 0 N–H and O–H groups in total. The average molecular weight is 331 g/mol. The van der Waals surface area contributed by atoms with Crippen LogP contribution in [0.15, 0.2) is 42.5 Å². The molecule has 1 aliphatic heterocycles. The smallest absolute Gasteiger partial charge is 0.254 e. The highest BCUT2D eigenvalue weighted by molar-refractivity contribution is 5.97. The summed E-state index contributed by atoms with van der Waals surface area (Å²) in [5, 5.41) is 0. The van der Waals surface area contributed by atoms with Crippen LogP contribution < -0.4 is 0 Å². The number of amides is 1. The van der Waals surface area contributed by atoms with Crippen molar-refractivity contribution < 1.29 is 4.79 Å². The minimum absolute atomic E-state index is 0.107. The van der Waals surface area contributed by atoms with Crippen LogP contribution in [0.4, 0.5) is 0 Å². The van der Waals surface area contributed by atoms with Crippen molar-refractivity contribution in [3.05, 3.63) is 65.0 Å². The number of aromatic nitrogens is 2. The van der Waals surface area contributed by atoms with E-state index in [0.717, 1.165) is 35.4 Å². The Hall–Kier alpha value is -2.62. The topological polar surface area (TPSA) is 38.1 Å². The lowest BCUT2D eigenvalue weighted by molar-refractivity contribution is 0.0735. The number of aryl methyl sites for hydroxylation is 1. The molecule has 0 bridgehead atoms. The Kier molecular flexibility index (Phi) is 3.20. The Morgan fingerprint density at radius 2 is 1.92 bits per heavy atom. The second-order valence-electron chi connectivity index (χ2n) is 7.25. The van der Waals surface area contributed by atoms with Gasteiger partial charge in [0.05, 0.1) is 11.0 Å². The zero-order valence-electron chi connectivity index (χ0n) is 14.4. The second kappa shape index (κ2) is 5.45. The predicted octanol–water partition coefficient (Wildman–Crippen LogP) is 3.65. The monoisotopic (exact) mass is 331 g/mol. The maximum absolute atomic E-state index is 13.0. The van der Waals surface area contributed by atoms with Crippen LogP contribution in [0.25, 0.3) is 11.0 Å². The number of hydrogen-bond acceptors (Lipinski definition) is 2. The van der Waals surface area contributed by atoms with Gasteiger partial charge in [-0.05, 0) is 48.6 Å². The maximum Gasteiger partial charge on any atom is 0.254 e. The summed E-state index contributed by atoms with van der Waals surface area (Å²) in [5.41, 5.74) is 5.42. The quantitative estimate of drug-likeness (QED) is 0.719. The molecule has 0 unspecified atom stereocenters. The van der Waals surface area contributed by atoms with E-state index in [4.69, 9.17) is 4.98 Å². The third-order valence-corrected chi connectivity index (χ3v) is 5.52. The summed E-state index contributed by atoms with van der Waals surface area (Å²) < 4.78 is 2.18. The zero-order chi connectivity index (χ0) is 17.0. The Labute approximate surface area is 147 Å². The van der Waals surface area contributed by atoms with Crippen molar-refractivity contribution in [3.8, 4) is 0 Å². The van der Waals surface area contributed by atoms with Crippen LogP contribution in [0, 0.1) is 0 Å². The molecule has 1 amide bonds. The molecule has 1 aliphatic carbocycles. The molecule has 2 aliphatic rings. The van der Waals surface area contributed by atoms with Crippen LogP contribution in [0.1, 0.15) is 46.1 Å². The number of carbonyl (C=O) groups excluding carboxylic acids is 1. The third kappa shape index (κ3) is 2.44. The van der Waals surface area contributed by atoms with Crippen LogP contribution in [0.3, 0.4) is 0 Å². The number of imidazole rings is 1. The van der Waals surface area contributed by atoms with Crippen molar-refractivity contribution in [2.75, 3.05) is 6.54 Å². The molecule has 4 nitrogen and oxygen atoms in total. The average Bonchev–Trinajstić information content (AvgIpc) is 3.44. The molecule has 5 rings (SSSR count). The molecule has 2 heterocycles. The molecule has 1 saturated carbocycles. The van der Waals surface area contributed by atoms with Gasteiger partial charge in [0.1, 0.15) is 5.82 Å². The highest BCUT2D eigenvalue weighted by Crippen LogP contribution is 2.40. The van der Waals surface area contributed by atoms with Gasteiger partial charge in [-0.25, -0.2) is 4.98 Å². The molecule has 4 heteroatoms. The minimum Gasteiger partial charge on any atom is -0.334 e. The minimum atomic E-state index is 0.107. The second-order valence-corrected chi connectivity index (χ2v) is 7.25. The first-order valence-corrected chi connectivity index (χ1v) is 9.03. The van der Waals surface area contributed by atoms with Crippen molar-refractivity contribution in [1.29, 1.82) is 0 Å². The Morgan fingerprint density at radius 1 is 1.12 bits per heavy atom. The van der Waals surface area contributed by atoms with E-state index >= 15 is 0 Å². The first-order valence-electron chi connectivity index (χ1n) is 9.03. The number of carbonyl (C=O) groups is 1. The molecule has 1 fully saturated rings. The third-order valence-electron chi connectivity index (χ3n) is 5.52. The number of rotatable bonds is 2. The largest absolute Gasteiger partial charge is 0.334 e. The molecule has 0 saturated heterocycles. The van der Waals surface area contributed by atoms with Gasteiger partial charge in [-0.15, -0.1) is 0 Å². The van der Waals surface area contributed by atoms with E-state index in [1.165, 1.54) is 24.0 Å². The summed E-state index contributed by atoms with van der Waals surface area (Å²) in [4.78, 5) is 19.7. The molecule has 0 spiro atoms. The fraction of sp³-hybridized carbons (Fsp3) is 0.333. The normalized spacial score (nSPS) is 16.9. The van der Waals surface area contributed by atoms with Gasteiger partial charge >= 0.3 is 0 Å². The van der Waals surface area contributed by atoms with Crippen LogP contribution in [0.2, 0.25) is 0 Å². The molecule has 1 aromatic heterocycles. The van der Waals surface area contributed by atoms with Crippen LogP contribution in [-0.2, 0) is 20.0 Å². The fourth-order valence-corrected chi connectivity index (χ4v) is 3.91. The van der Waals surface area contributed by atoms with E-state index in [9.17, 15) is 4.79 Å². The lowest BCUT2D eigenvalue weighted by Crippen LogP contribution is -2.35. The molecule has 3 aromatic rings. The van der Waals surface area contributed by atoms with Gasteiger partial charge in [-0.1, -0.05) is 24.3 Å². The lowest BCUT2D eigenvalue weighted by atomic mass is 9.99. The summed E-state index contributed by atoms with van der Waals surface area (Å²) in [5.74, 6) is 1.87. The Morgan fingerprint density at radius 3 is 2.72 bits per heavy atom. The van der Waals surface area contributed by atoms with Gasteiger partial charge in [0.2, 0.25) is 0 Å².